The minimum absolute atomic E-state index is 0.362. The van der Waals surface area contributed by atoms with Gasteiger partial charge in [-0.3, -0.25) is 19.2 Å². The van der Waals surface area contributed by atoms with Crippen molar-refractivity contribution in [2.45, 2.75) is 174 Å². The standard InChI is InChI=1S/C41H65N3O28/c1-6-7-64-36-26(44-16(4)50)34(31(66-17(5)51)23(68-36)13-65-40(38(60)61)8-18(52)24(42-14(2)48)32(70-40)27(56)20(54)10-45)69-37-30(59)35(29(58)22(12-47)67-37)72-41(39(62)63)9-19(53)25(43-15(3)49)33(71-41)28(57)21(55)11-46/h6,18-37,45-47,52-59H,1,7-13H2,2-5H3,(H,42,48)(H,43,49)(H,44,50)(H,60,61)(H,62,63)/t18-,19-,20+,21+,22+,23+,24+,25+,26+,27+,28+,29-,30+,31+,32+,33+,34+,35-,36-,37-,40+,41-/m0/s1. The molecule has 4 rings (SSSR count). The molecule has 412 valence electrons. The number of amides is 3. The zero-order valence-corrected chi connectivity index (χ0v) is 39.2. The lowest BCUT2D eigenvalue weighted by Crippen LogP contribution is -2.71. The van der Waals surface area contributed by atoms with E-state index in [1.54, 1.807) is 0 Å². The zero-order chi connectivity index (χ0) is 54.2. The molecule has 72 heavy (non-hydrogen) atoms. The number of rotatable bonds is 23. The van der Waals surface area contributed by atoms with E-state index in [0.717, 1.165) is 27.7 Å². The van der Waals surface area contributed by atoms with Gasteiger partial charge in [0.25, 0.3) is 11.6 Å². The van der Waals surface area contributed by atoms with Gasteiger partial charge in [-0.2, -0.15) is 0 Å². The van der Waals surface area contributed by atoms with E-state index < -0.39 is 209 Å². The Morgan fingerprint density at radius 2 is 1.14 bits per heavy atom. The van der Waals surface area contributed by atoms with Gasteiger partial charge in [-0.25, -0.2) is 9.59 Å². The number of carboxylic acids is 2. The summed E-state index contributed by atoms with van der Waals surface area (Å²) in [6.07, 6.45) is -36.0. The van der Waals surface area contributed by atoms with Gasteiger partial charge in [-0.1, -0.05) is 6.08 Å². The van der Waals surface area contributed by atoms with Crippen LogP contribution in [0, 0.1) is 0 Å². The van der Waals surface area contributed by atoms with Crippen LogP contribution in [0.5, 0.6) is 0 Å². The van der Waals surface area contributed by atoms with Crippen molar-refractivity contribution in [2.24, 2.45) is 0 Å². The lowest BCUT2D eigenvalue weighted by molar-refractivity contribution is -0.382. The first-order valence-corrected chi connectivity index (χ1v) is 22.3. The summed E-state index contributed by atoms with van der Waals surface area (Å²) in [6, 6.07) is -4.93. The van der Waals surface area contributed by atoms with E-state index in [1.165, 1.54) is 6.08 Å². The number of aliphatic hydroxyl groups is 11. The molecule has 3 amide bonds. The number of carbonyl (C=O) groups excluding carboxylic acids is 4. The molecule has 0 radical (unpaired) electrons. The van der Waals surface area contributed by atoms with Gasteiger partial charge in [0.15, 0.2) is 18.7 Å². The van der Waals surface area contributed by atoms with Crippen molar-refractivity contribution >= 4 is 35.6 Å². The van der Waals surface area contributed by atoms with Gasteiger partial charge in [-0.05, 0) is 0 Å². The predicted octanol–water partition coefficient (Wildman–Crippen LogP) is -9.12. The molecule has 0 aliphatic carbocycles. The normalized spacial score (nSPS) is 38.8. The minimum atomic E-state index is -3.21. The SMILES string of the molecule is C=CCO[C@H]1O[C@H](CO[C@]2(C(=O)O)C[C@H](O)[C@@H](NC(C)=O)[C@H]([C@H](O)[C@H](O)CO)O2)[C@@H](OC(C)=O)[C@H](O[C@@H]2O[C@H](CO)[C@H](O)[C@H](O[C@]3(C(=O)O)C[C@H](O)[C@@H](NC(C)=O)[C@H]([C@H](O)[C@H](O)CO)O3)[C@H]2O)[C@H]1NC(C)=O. The van der Waals surface area contributed by atoms with Crippen LogP contribution in [0.4, 0.5) is 0 Å². The van der Waals surface area contributed by atoms with Crippen LogP contribution in [0.25, 0.3) is 0 Å². The number of carbonyl (C=O) groups is 6. The van der Waals surface area contributed by atoms with E-state index in [1.807, 2.05) is 0 Å². The van der Waals surface area contributed by atoms with Crippen molar-refractivity contribution in [1.29, 1.82) is 0 Å². The molecule has 0 saturated carbocycles. The van der Waals surface area contributed by atoms with Crippen molar-refractivity contribution in [3.05, 3.63) is 12.7 Å². The highest BCUT2D eigenvalue weighted by Crippen LogP contribution is 2.40. The molecule has 4 fully saturated rings. The lowest BCUT2D eigenvalue weighted by atomic mass is 9.88. The number of hydrogen-bond acceptors (Lipinski definition) is 26. The molecule has 0 unspecified atom stereocenters. The topological polar surface area (TPSA) is 485 Å². The first-order chi connectivity index (χ1) is 33.7. The first kappa shape index (κ1) is 60.4. The van der Waals surface area contributed by atoms with Gasteiger partial charge in [0.1, 0.15) is 79.3 Å². The summed E-state index contributed by atoms with van der Waals surface area (Å²) in [5.74, 6) is -13.8. The molecule has 0 bridgehead atoms. The van der Waals surface area contributed by atoms with Crippen molar-refractivity contribution in [3.63, 3.8) is 0 Å². The Labute approximate surface area is 409 Å². The van der Waals surface area contributed by atoms with Gasteiger partial charge in [0, 0.05) is 40.5 Å². The van der Waals surface area contributed by atoms with E-state index in [4.69, 9.17) is 42.6 Å². The summed E-state index contributed by atoms with van der Waals surface area (Å²) in [7, 11) is 0. The summed E-state index contributed by atoms with van der Waals surface area (Å²) in [5, 5.41) is 146. The molecular weight excluding hydrogens is 982 g/mol. The number of esters is 1. The second-order valence-corrected chi connectivity index (χ2v) is 17.4. The molecule has 4 saturated heterocycles. The largest absolute Gasteiger partial charge is 0.477 e. The summed E-state index contributed by atoms with van der Waals surface area (Å²) in [5.41, 5.74) is 0. The molecule has 4 heterocycles. The second-order valence-electron chi connectivity index (χ2n) is 17.4. The number of aliphatic hydroxyl groups excluding tert-OH is 11. The average molecular weight is 1050 g/mol. The highest BCUT2D eigenvalue weighted by molar-refractivity contribution is 5.77. The summed E-state index contributed by atoms with van der Waals surface area (Å²) in [6.45, 7) is 2.66. The molecule has 16 N–H and O–H groups in total. The molecule has 0 aromatic heterocycles. The molecule has 31 heteroatoms. The zero-order valence-electron chi connectivity index (χ0n) is 39.2. The average Bonchev–Trinajstić information content (AvgIpc) is 3.31. The maximum Gasteiger partial charge on any atom is 0.364 e. The third-order valence-corrected chi connectivity index (χ3v) is 12.0. The predicted molar refractivity (Wildman–Crippen MR) is 227 cm³/mol. The van der Waals surface area contributed by atoms with Gasteiger partial charge in [0.2, 0.25) is 17.7 Å². The molecule has 22 atom stereocenters. The van der Waals surface area contributed by atoms with Gasteiger partial charge < -0.3 is 125 Å². The van der Waals surface area contributed by atoms with E-state index in [0.29, 0.717) is 0 Å². The fourth-order valence-electron chi connectivity index (χ4n) is 8.65. The Morgan fingerprint density at radius 1 is 0.667 bits per heavy atom. The molecule has 0 spiro atoms. The Kier molecular flexibility index (Phi) is 21.7. The third-order valence-electron chi connectivity index (χ3n) is 12.0. The van der Waals surface area contributed by atoms with Crippen LogP contribution in [-0.2, 0) is 71.4 Å². The van der Waals surface area contributed by atoms with E-state index in [9.17, 15) is 95.2 Å². The van der Waals surface area contributed by atoms with Crippen LogP contribution >= 0.6 is 0 Å². The maximum absolute atomic E-state index is 13.1. The summed E-state index contributed by atoms with van der Waals surface area (Å²) < 4.78 is 52.2. The van der Waals surface area contributed by atoms with Crippen molar-refractivity contribution in [2.75, 3.05) is 33.0 Å². The van der Waals surface area contributed by atoms with E-state index >= 15 is 0 Å². The minimum Gasteiger partial charge on any atom is -0.477 e. The Morgan fingerprint density at radius 3 is 1.58 bits per heavy atom. The maximum atomic E-state index is 13.1. The van der Waals surface area contributed by atoms with Crippen LogP contribution in [0.15, 0.2) is 12.7 Å². The smallest absolute Gasteiger partial charge is 0.364 e. The third kappa shape index (κ3) is 13.9. The molecule has 4 aliphatic rings. The second kappa shape index (κ2) is 25.8. The van der Waals surface area contributed by atoms with Crippen LogP contribution in [0.1, 0.15) is 40.5 Å². The molecular formula is C41H65N3O28. The highest BCUT2D eigenvalue weighted by Gasteiger charge is 2.62. The van der Waals surface area contributed by atoms with E-state index in [2.05, 4.69) is 22.5 Å². The highest BCUT2D eigenvalue weighted by atomic mass is 16.8. The Balaban J connectivity index is 1.80. The van der Waals surface area contributed by atoms with Crippen molar-refractivity contribution in [3.8, 4) is 0 Å². The Bertz CT molecular complexity index is 1890. The summed E-state index contributed by atoms with van der Waals surface area (Å²) in [4.78, 5) is 75.9. The van der Waals surface area contributed by atoms with Gasteiger partial charge in [-0.15, -0.1) is 6.58 Å². The number of carboxylic acid groups (broad SMARTS) is 2. The number of aliphatic carboxylic acids is 2. The molecule has 0 aromatic rings. The Hall–Kier alpha value is -4.20. The van der Waals surface area contributed by atoms with Crippen molar-refractivity contribution in [1.82, 2.24) is 16.0 Å². The lowest BCUT2D eigenvalue weighted by Gasteiger charge is -2.51. The van der Waals surface area contributed by atoms with Gasteiger partial charge in [0.05, 0.1) is 57.3 Å². The first-order valence-electron chi connectivity index (χ1n) is 22.3. The fraction of sp³-hybridized carbons (Fsp3) is 0.805. The number of hydrogen-bond donors (Lipinski definition) is 16. The quantitative estimate of drug-likeness (QED) is 0.0334. The molecule has 0 aromatic carbocycles. The van der Waals surface area contributed by atoms with Crippen LogP contribution in [0.2, 0.25) is 0 Å². The number of ether oxygens (including phenoxy) is 9. The molecule has 31 nitrogen and oxygen atoms in total. The van der Waals surface area contributed by atoms with Crippen LogP contribution in [-0.4, -0.2) is 269 Å². The van der Waals surface area contributed by atoms with E-state index in [-0.39, 0.29) is 6.61 Å². The van der Waals surface area contributed by atoms with Crippen LogP contribution in [0.3, 0.4) is 0 Å². The fourth-order valence-corrected chi connectivity index (χ4v) is 8.65. The molecule has 4 aliphatic heterocycles. The summed E-state index contributed by atoms with van der Waals surface area (Å²) >= 11 is 0. The van der Waals surface area contributed by atoms with Crippen LogP contribution < -0.4 is 16.0 Å². The van der Waals surface area contributed by atoms with Crippen molar-refractivity contribution < 1.29 is 138 Å². The monoisotopic (exact) mass is 1050 g/mol. The van der Waals surface area contributed by atoms with Gasteiger partial charge >= 0.3 is 17.9 Å². The number of nitrogens with one attached hydrogen (secondary N) is 3.